The summed E-state index contributed by atoms with van der Waals surface area (Å²) < 4.78 is 13.6. The molecule has 110 valence electrons. The molecule has 0 saturated heterocycles. The molecule has 0 aliphatic heterocycles. The zero-order chi connectivity index (χ0) is 15.4. The smallest absolute Gasteiger partial charge is 0.255 e. The molecule has 0 saturated carbocycles. The topological polar surface area (TPSA) is 20.3 Å². The number of nitrogens with zero attached hydrogens (tertiary/aromatic N) is 1. The van der Waals surface area contributed by atoms with Crippen molar-refractivity contribution in [1.82, 2.24) is 4.90 Å². The molecule has 1 amide bonds. The van der Waals surface area contributed by atoms with E-state index in [9.17, 15) is 9.18 Å². The second-order valence-electron chi connectivity index (χ2n) is 5.14. The summed E-state index contributed by atoms with van der Waals surface area (Å²) >= 11 is 3.26. The van der Waals surface area contributed by atoms with E-state index < -0.39 is 0 Å². The number of hydrogen-bond acceptors (Lipinski definition) is 1. The first-order valence-electron chi connectivity index (χ1n) is 6.79. The third-order valence-electron chi connectivity index (χ3n) is 3.24. The van der Waals surface area contributed by atoms with Crippen LogP contribution in [0.4, 0.5) is 4.39 Å². The molecule has 0 aliphatic rings. The summed E-state index contributed by atoms with van der Waals surface area (Å²) in [5.41, 5.74) is 1.54. The SMILES string of the molecule is CC(C)N(Cc1ccccc1)C(=O)c1ccc(F)cc1Br. The van der Waals surface area contributed by atoms with E-state index in [4.69, 9.17) is 0 Å². The maximum Gasteiger partial charge on any atom is 0.255 e. The summed E-state index contributed by atoms with van der Waals surface area (Å²) in [6, 6.07) is 14.0. The van der Waals surface area contributed by atoms with Gasteiger partial charge in [0.15, 0.2) is 0 Å². The van der Waals surface area contributed by atoms with E-state index in [1.807, 2.05) is 44.2 Å². The molecule has 2 rings (SSSR count). The normalized spacial score (nSPS) is 10.7. The summed E-state index contributed by atoms with van der Waals surface area (Å²) in [7, 11) is 0. The van der Waals surface area contributed by atoms with Crippen molar-refractivity contribution in [1.29, 1.82) is 0 Å². The fraction of sp³-hybridized carbons (Fsp3) is 0.235. The predicted molar refractivity (Wildman–Crippen MR) is 85.6 cm³/mol. The lowest BCUT2D eigenvalue weighted by Crippen LogP contribution is -2.36. The van der Waals surface area contributed by atoms with Crippen molar-refractivity contribution in [2.24, 2.45) is 0 Å². The standard InChI is InChI=1S/C17H17BrFNO/c1-12(2)20(11-13-6-4-3-5-7-13)17(21)15-9-8-14(19)10-16(15)18/h3-10,12H,11H2,1-2H3. The average Bonchev–Trinajstić information content (AvgIpc) is 2.45. The summed E-state index contributed by atoms with van der Waals surface area (Å²) in [6.45, 7) is 4.47. The van der Waals surface area contributed by atoms with Gasteiger partial charge in [0.2, 0.25) is 0 Å². The van der Waals surface area contributed by atoms with E-state index in [1.54, 1.807) is 4.90 Å². The fourth-order valence-electron chi connectivity index (χ4n) is 2.09. The van der Waals surface area contributed by atoms with Crippen LogP contribution in [0.5, 0.6) is 0 Å². The summed E-state index contributed by atoms with van der Waals surface area (Å²) in [4.78, 5) is 14.5. The van der Waals surface area contributed by atoms with Gasteiger partial charge in [-0.2, -0.15) is 0 Å². The first kappa shape index (κ1) is 15.7. The van der Waals surface area contributed by atoms with Crippen LogP contribution < -0.4 is 0 Å². The number of benzene rings is 2. The van der Waals surface area contributed by atoms with Gasteiger partial charge in [0, 0.05) is 17.1 Å². The third-order valence-corrected chi connectivity index (χ3v) is 3.90. The van der Waals surface area contributed by atoms with Crippen LogP contribution in [0, 0.1) is 5.82 Å². The van der Waals surface area contributed by atoms with Gasteiger partial charge in [-0.1, -0.05) is 30.3 Å². The number of hydrogen-bond donors (Lipinski definition) is 0. The average molecular weight is 350 g/mol. The Bertz CT molecular complexity index is 628. The van der Waals surface area contributed by atoms with Crippen LogP contribution in [0.15, 0.2) is 53.0 Å². The van der Waals surface area contributed by atoms with Gasteiger partial charge >= 0.3 is 0 Å². The Morgan fingerprint density at radius 1 is 1.19 bits per heavy atom. The Morgan fingerprint density at radius 3 is 2.43 bits per heavy atom. The molecule has 0 aromatic heterocycles. The van der Waals surface area contributed by atoms with Gasteiger partial charge in [-0.15, -0.1) is 0 Å². The van der Waals surface area contributed by atoms with E-state index in [2.05, 4.69) is 15.9 Å². The molecule has 2 aromatic rings. The van der Waals surface area contributed by atoms with Crippen LogP contribution in [0.25, 0.3) is 0 Å². The van der Waals surface area contributed by atoms with E-state index in [0.29, 0.717) is 16.6 Å². The number of carbonyl (C=O) groups is 1. The monoisotopic (exact) mass is 349 g/mol. The molecule has 0 atom stereocenters. The third kappa shape index (κ3) is 3.91. The minimum absolute atomic E-state index is 0.0506. The van der Waals surface area contributed by atoms with Gasteiger partial charge in [-0.3, -0.25) is 4.79 Å². The molecule has 0 heterocycles. The van der Waals surface area contributed by atoms with Crippen LogP contribution in [0.1, 0.15) is 29.8 Å². The highest BCUT2D eigenvalue weighted by molar-refractivity contribution is 9.10. The second-order valence-corrected chi connectivity index (χ2v) is 5.99. The highest BCUT2D eigenvalue weighted by Crippen LogP contribution is 2.22. The van der Waals surface area contributed by atoms with Crippen LogP contribution in [0.2, 0.25) is 0 Å². The predicted octanol–water partition coefficient (Wildman–Crippen LogP) is 4.64. The zero-order valence-electron chi connectivity index (χ0n) is 12.0. The van der Waals surface area contributed by atoms with E-state index in [0.717, 1.165) is 5.56 Å². The minimum Gasteiger partial charge on any atom is -0.332 e. The molecular formula is C17H17BrFNO. The summed E-state index contributed by atoms with van der Waals surface area (Å²) in [5.74, 6) is -0.474. The first-order valence-corrected chi connectivity index (χ1v) is 7.58. The Morgan fingerprint density at radius 2 is 1.86 bits per heavy atom. The van der Waals surface area contributed by atoms with Crippen molar-refractivity contribution < 1.29 is 9.18 Å². The highest BCUT2D eigenvalue weighted by atomic mass is 79.9. The van der Waals surface area contributed by atoms with Crippen LogP contribution in [0.3, 0.4) is 0 Å². The Labute approximate surface area is 132 Å². The van der Waals surface area contributed by atoms with Gasteiger partial charge in [0.1, 0.15) is 5.82 Å². The van der Waals surface area contributed by atoms with Gasteiger partial charge in [0.25, 0.3) is 5.91 Å². The number of carbonyl (C=O) groups excluding carboxylic acids is 1. The molecule has 0 aliphatic carbocycles. The van der Waals surface area contributed by atoms with E-state index in [-0.39, 0.29) is 17.8 Å². The summed E-state index contributed by atoms with van der Waals surface area (Å²) in [6.07, 6.45) is 0. The Kier molecular flexibility index (Phi) is 5.12. The van der Waals surface area contributed by atoms with Crippen molar-refractivity contribution in [2.75, 3.05) is 0 Å². The largest absolute Gasteiger partial charge is 0.332 e. The van der Waals surface area contributed by atoms with Crippen molar-refractivity contribution in [2.45, 2.75) is 26.4 Å². The quantitative estimate of drug-likeness (QED) is 0.787. The summed E-state index contributed by atoms with van der Waals surface area (Å²) in [5, 5.41) is 0. The lowest BCUT2D eigenvalue weighted by atomic mass is 10.1. The number of halogens is 2. The Balaban J connectivity index is 2.27. The molecule has 0 unspecified atom stereocenters. The number of amides is 1. The maximum absolute atomic E-state index is 13.2. The van der Waals surface area contributed by atoms with Crippen LogP contribution >= 0.6 is 15.9 Å². The second kappa shape index (κ2) is 6.85. The molecule has 21 heavy (non-hydrogen) atoms. The molecule has 0 bridgehead atoms. The van der Waals surface area contributed by atoms with E-state index in [1.165, 1.54) is 18.2 Å². The lowest BCUT2D eigenvalue weighted by Gasteiger charge is -2.27. The van der Waals surface area contributed by atoms with E-state index >= 15 is 0 Å². The molecule has 0 fully saturated rings. The van der Waals surface area contributed by atoms with Crippen LogP contribution in [-0.2, 0) is 6.54 Å². The van der Waals surface area contributed by atoms with Gasteiger partial charge in [-0.25, -0.2) is 4.39 Å². The molecule has 0 radical (unpaired) electrons. The number of rotatable bonds is 4. The zero-order valence-corrected chi connectivity index (χ0v) is 13.6. The molecule has 0 N–H and O–H groups in total. The van der Waals surface area contributed by atoms with Crippen LogP contribution in [-0.4, -0.2) is 16.8 Å². The van der Waals surface area contributed by atoms with Crippen molar-refractivity contribution in [3.63, 3.8) is 0 Å². The van der Waals surface area contributed by atoms with Gasteiger partial charge in [0.05, 0.1) is 5.56 Å². The van der Waals surface area contributed by atoms with Crippen molar-refractivity contribution >= 4 is 21.8 Å². The van der Waals surface area contributed by atoms with Crippen molar-refractivity contribution in [3.05, 3.63) is 69.9 Å². The lowest BCUT2D eigenvalue weighted by molar-refractivity contribution is 0.0689. The highest BCUT2D eigenvalue weighted by Gasteiger charge is 2.21. The van der Waals surface area contributed by atoms with Gasteiger partial charge in [-0.05, 0) is 53.5 Å². The molecule has 0 spiro atoms. The maximum atomic E-state index is 13.2. The molecule has 4 heteroatoms. The molecule has 2 aromatic carbocycles. The Hall–Kier alpha value is -1.68. The fourth-order valence-corrected chi connectivity index (χ4v) is 2.61. The first-order chi connectivity index (χ1) is 9.99. The van der Waals surface area contributed by atoms with Gasteiger partial charge < -0.3 is 4.90 Å². The molecule has 2 nitrogen and oxygen atoms in total. The van der Waals surface area contributed by atoms with Crippen molar-refractivity contribution in [3.8, 4) is 0 Å². The minimum atomic E-state index is -0.363. The molecular weight excluding hydrogens is 333 g/mol.